The molecular formula is C59H57IrN3OSi-2. The third-order valence-electron chi connectivity index (χ3n) is 12.7. The molecule has 0 saturated heterocycles. The van der Waals surface area contributed by atoms with E-state index >= 15 is 0 Å². The van der Waals surface area contributed by atoms with Crippen LogP contribution in [-0.2, 0) is 20.1 Å². The molecule has 5 aromatic carbocycles. The van der Waals surface area contributed by atoms with Gasteiger partial charge in [0.1, 0.15) is 5.58 Å². The van der Waals surface area contributed by atoms with E-state index in [4.69, 9.17) is 14.4 Å². The Morgan fingerprint density at radius 2 is 1.32 bits per heavy atom. The van der Waals surface area contributed by atoms with E-state index in [9.17, 15) is 0 Å². The molecule has 0 atom stereocenters. The van der Waals surface area contributed by atoms with E-state index < -0.39 is 8.07 Å². The molecule has 6 heteroatoms. The van der Waals surface area contributed by atoms with Gasteiger partial charge in [0.05, 0.1) is 13.7 Å². The number of benzene rings is 5. The average Bonchev–Trinajstić information content (AvgIpc) is 3.70. The molecule has 0 bridgehead atoms. The summed E-state index contributed by atoms with van der Waals surface area (Å²) in [6.45, 7) is 15.8. The molecule has 4 aromatic heterocycles. The Kier molecular flexibility index (Phi) is 13.9. The third kappa shape index (κ3) is 10.1. The molecule has 1 fully saturated rings. The van der Waals surface area contributed by atoms with Crippen LogP contribution < -0.4 is 5.19 Å². The molecule has 65 heavy (non-hydrogen) atoms. The maximum atomic E-state index is 6.73. The number of pyridine rings is 3. The fraction of sp³-hybridized carbons (Fsp3) is 0.237. The van der Waals surface area contributed by atoms with Crippen molar-refractivity contribution in [3.63, 3.8) is 0 Å². The number of hydrogen-bond acceptors (Lipinski definition) is 4. The molecule has 1 radical (unpaired) electrons. The Morgan fingerprint density at radius 3 is 1.98 bits per heavy atom. The van der Waals surface area contributed by atoms with Crippen molar-refractivity contribution in [1.29, 1.82) is 0 Å². The Bertz CT molecular complexity index is 3040. The minimum absolute atomic E-state index is 0. The average molecular weight is 1040 g/mol. The number of hydrogen-bond donors (Lipinski definition) is 0. The first-order valence-electron chi connectivity index (χ1n) is 23.0. The molecule has 0 N–H and O–H groups in total. The van der Waals surface area contributed by atoms with Gasteiger partial charge in [-0.3, -0.25) is 4.98 Å². The van der Waals surface area contributed by atoms with Crippen molar-refractivity contribution in [3.05, 3.63) is 181 Å². The van der Waals surface area contributed by atoms with Crippen molar-refractivity contribution < 1.29 is 24.5 Å². The zero-order valence-corrected chi connectivity index (χ0v) is 42.0. The molecule has 0 spiro atoms. The minimum Gasteiger partial charge on any atom is -0.500 e. The van der Waals surface area contributed by atoms with Crippen LogP contribution in [0.2, 0.25) is 19.6 Å². The molecule has 1 aliphatic rings. The van der Waals surface area contributed by atoms with E-state index in [1.807, 2.05) is 26.1 Å². The Labute approximate surface area is 400 Å². The van der Waals surface area contributed by atoms with Crippen LogP contribution in [0.5, 0.6) is 0 Å². The van der Waals surface area contributed by atoms with Gasteiger partial charge in [-0.2, -0.15) is 0 Å². The van der Waals surface area contributed by atoms with Gasteiger partial charge in [0, 0.05) is 54.8 Å². The Morgan fingerprint density at radius 1 is 0.631 bits per heavy atom. The summed E-state index contributed by atoms with van der Waals surface area (Å²) >= 11 is 0. The van der Waals surface area contributed by atoms with Gasteiger partial charge in [-0.1, -0.05) is 159 Å². The van der Waals surface area contributed by atoms with Crippen molar-refractivity contribution in [2.24, 2.45) is 0 Å². The zero-order chi connectivity index (χ0) is 44.4. The van der Waals surface area contributed by atoms with E-state index in [-0.39, 0.29) is 20.1 Å². The van der Waals surface area contributed by atoms with Crippen LogP contribution in [0.25, 0.3) is 77.8 Å². The smallest absolute Gasteiger partial charge is 0.128 e. The first kappa shape index (κ1) is 45.8. The Hall–Kier alpha value is -5.78. The van der Waals surface area contributed by atoms with Gasteiger partial charge in [-0.15, -0.1) is 48.0 Å². The number of furan rings is 1. The maximum absolute atomic E-state index is 6.73. The summed E-state index contributed by atoms with van der Waals surface area (Å²) in [5.74, 6) is 1.12. The largest absolute Gasteiger partial charge is 0.500 e. The van der Waals surface area contributed by atoms with Crippen LogP contribution in [0, 0.1) is 26.0 Å². The fourth-order valence-electron chi connectivity index (χ4n) is 9.42. The van der Waals surface area contributed by atoms with Crippen molar-refractivity contribution in [1.82, 2.24) is 15.0 Å². The topological polar surface area (TPSA) is 51.8 Å². The normalized spacial score (nSPS) is 13.1. The van der Waals surface area contributed by atoms with Crippen molar-refractivity contribution in [3.8, 4) is 55.9 Å². The van der Waals surface area contributed by atoms with Gasteiger partial charge < -0.3 is 14.4 Å². The number of rotatable bonds is 8. The predicted molar refractivity (Wildman–Crippen MR) is 271 cm³/mol. The van der Waals surface area contributed by atoms with Gasteiger partial charge in [0.15, 0.2) is 0 Å². The van der Waals surface area contributed by atoms with E-state index in [0.29, 0.717) is 11.8 Å². The van der Waals surface area contributed by atoms with E-state index in [1.165, 1.54) is 65.1 Å². The molecule has 9 aromatic rings. The predicted octanol–water partition coefficient (Wildman–Crippen LogP) is 15.7. The zero-order valence-electron chi connectivity index (χ0n) is 38.6. The van der Waals surface area contributed by atoms with Crippen molar-refractivity contribution >= 4 is 35.2 Å². The molecule has 4 heterocycles. The minimum atomic E-state index is -1.41. The van der Waals surface area contributed by atoms with Gasteiger partial charge in [-0.05, 0) is 102 Å². The van der Waals surface area contributed by atoms with Gasteiger partial charge in [-0.25, -0.2) is 0 Å². The van der Waals surface area contributed by atoms with E-state index in [1.54, 1.807) is 0 Å². The molecule has 329 valence electrons. The molecule has 1 aliphatic carbocycles. The number of nitrogens with zero attached hydrogens (tertiary/aromatic N) is 3. The fourth-order valence-corrected chi connectivity index (χ4v) is 11.1. The third-order valence-corrected chi connectivity index (χ3v) is 14.7. The first-order chi connectivity index (χ1) is 31.0. The second-order valence-electron chi connectivity index (χ2n) is 18.8. The van der Waals surface area contributed by atoms with E-state index in [0.717, 1.165) is 72.5 Å². The summed E-state index contributed by atoms with van der Waals surface area (Å²) in [5, 5.41) is 3.68. The van der Waals surface area contributed by atoms with Crippen LogP contribution in [-0.4, -0.2) is 23.0 Å². The second kappa shape index (κ2) is 19.8. The van der Waals surface area contributed by atoms with Crippen LogP contribution >= 0.6 is 0 Å². The van der Waals surface area contributed by atoms with Gasteiger partial charge in [0.2, 0.25) is 0 Å². The van der Waals surface area contributed by atoms with Crippen LogP contribution in [0.4, 0.5) is 0 Å². The second-order valence-corrected chi connectivity index (χ2v) is 23.9. The first-order valence-corrected chi connectivity index (χ1v) is 26.5. The number of aryl methyl sites for hydroxylation is 2. The summed E-state index contributed by atoms with van der Waals surface area (Å²) in [7, 11) is -1.41. The molecule has 0 amide bonds. The monoisotopic (exact) mass is 1040 g/mol. The summed E-state index contributed by atoms with van der Waals surface area (Å²) < 4.78 is 6.73. The van der Waals surface area contributed by atoms with Gasteiger partial charge in [0.25, 0.3) is 0 Å². The van der Waals surface area contributed by atoms with E-state index in [2.05, 4.69) is 184 Å². The quantitative estimate of drug-likeness (QED) is 0.112. The summed E-state index contributed by atoms with van der Waals surface area (Å²) in [4.78, 5) is 14.0. The summed E-state index contributed by atoms with van der Waals surface area (Å²) in [6.07, 6.45) is 10.6. The summed E-state index contributed by atoms with van der Waals surface area (Å²) in [5.41, 5.74) is 17.6. The van der Waals surface area contributed by atoms with Crippen LogP contribution in [0.3, 0.4) is 0 Å². The Balaban J connectivity index is 0.000000184. The molecule has 4 nitrogen and oxygen atoms in total. The molecule has 10 rings (SSSR count). The standard InChI is InChI=1S/C35H28NO.C24H29N2Si.Ir/c1-4-11-24(12-5-1)27-19-20-36-33(23-27)30-18-10-17-29-32-22-28(25-13-6-2-7-14-25)21-31(35(32)37-34(29)30)26-15-8-3-9-16-26;1-16(2)22-14-23(25-15-24(22)27(5,6)7)20-10-8-19(9-11-20)21-12-17(3)26-18(4)13-21;/h2-3,6-10,13-17,19-24H,1,4-5,11-12H2;8-10,12-16H,1-7H3;/q2*-1;. The maximum Gasteiger partial charge on any atom is 0.128 e. The molecule has 0 unspecified atom stereocenters. The van der Waals surface area contributed by atoms with Gasteiger partial charge >= 0.3 is 0 Å². The van der Waals surface area contributed by atoms with Crippen LogP contribution in [0.1, 0.15) is 80.3 Å². The van der Waals surface area contributed by atoms with Crippen LogP contribution in [0.15, 0.2) is 150 Å². The summed E-state index contributed by atoms with van der Waals surface area (Å²) in [6, 6.07) is 54.0. The molecule has 0 aliphatic heterocycles. The number of fused-ring (bicyclic) bond motifs is 3. The number of aromatic nitrogens is 3. The molecular weight excluding hydrogens is 987 g/mol. The van der Waals surface area contributed by atoms with Crippen molar-refractivity contribution in [2.75, 3.05) is 0 Å². The van der Waals surface area contributed by atoms with Crippen molar-refractivity contribution in [2.45, 2.75) is 91.3 Å². The molecule has 1 saturated carbocycles. The SMILES string of the molecule is Cc1cc(-c2c[c-]c(-c3cc(C(C)C)c([Si](C)(C)C)cn3)cc2)cc(C)n1.[Ir].[c-]1ccc2c(oc3c(-c4ccccc4)cc(-c4ccccc4)cc32)c1-c1cc(C2CCCCC2)ccn1.